The summed E-state index contributed by atoms with van der Waals surface area (Å²) < 4.78 is 115. The van der Waals surface area contributed by atoms with Crippen LogP contribution in [0.1, 0.15) is 93.4 Å². The molecule has 15 heteroatoms. The molecular formula is C30H52O12S3. The normalized spacial score (nSPS) is 40.1. The van der Waals surface area contributed by atoms with E-state index in [1.54, 1.807) is 0 Å². The molecule has 4 fully saturated rings. The molecule has 0 heterocycles. The summed E-state index contributed by atoms with van der Waals surface area (Å²) in [7, 11) is -15.0. The van der Waals surface area contributed by atoms with Gasteiger partial charge in [0.25, 0.3) is 0 Å². The average molecular weight is 701 g/mol. The van der Waals surface area contributed by atoms with Crippen molar-refractivity contribution in [3.05, 3.63) is 12.2 Å². The molecule has 3 N–H and O–H groups in total. The molecule has 0 bridgehead atoms. The molecule has 4 saturated carbocycles. The second-order valence-corrected chi connectivity index (χ2v) is 18.5. The lowest BCUT2D eigenvalue weighted by Gasteiger charge is -2.63. The molecule has 0 saturated heterocycles. The van der Waals surface area contributed by atoms with Crippen LogP contribution in [-0.2, 0) is 43.7 Å². The van der Waals surface area contributed by atoms with Crippen LogP contribution in [0.5, 0.6) is 0 Å². The van der Waals surface area contributed by atoms with Gasteiger partial charge in [-0.15, -0.1) is 0 Å². The standard InChI is InChI=1S/C30H52O12S3/c1-17(2)20(18(3)4)9-8-19(5)22-10-11-23-21-14-26(40-43(31,32)33)25-15-27(41-44(34,35)36)28(42-45(37,38)39)16-30(25,7)24(21)12-13-29(22,23)6/h8-9,17-28H,10-16H2,1-7H3,(H,31,32,33)(H,34,35,36)(H,37,38,39). The first-order valence-corrected chi connectivity index (χ1v) is 20.2. The molecule has 0 aromatic carbocycles. The van der Waals surface area contributed by atoms with Gasteiger partial charge in [-0.05, 0) is 109 Å². The van der Waals surface area contributed by atoms with E-state index in [1.807, 2.05) is 6.92 Å². The predicted octanol–water partition coefficient (Wildman–Crippen LogP) is 5.55. The smallest absolute Gasteiger partial charge is 0.264 e. The van der Waals surface area contributed by atoms with E-state index < -0.39 is 60.8 Å². The van der Waals surface area contributed by atoms with Crippen LogP contribution in [0.4, 0.5) is 0 Å². The lowest BCUT2D eigenvalue weighted by atomic mass is 9.43. The molecule has 4 rings (SSSR count). The Bertz CT molecular complexity index is 1420. The molecule has 0 spiro atoms. The Labute approximate surface area is 269 Å². The number of hydrogen-bond acceptors (Lipinski definition) is 9. The number of hydrogen-bond donors (Lipinski definition) is 3. The summed E-state index contributed by atoms with van der Waals surface area (Å²) >= 11 is 0. The molecule has 262 valence electrons. The fraction of sp³-hybridized carbons (Fsp3) is 0.933. The van der Waals surface area contributed by atoms with Crippen molar-refractivity contribution in [2.75, 3.05) is 0 Å². The van der Waals surface area contributed by atoms with Crippen LogP contribution >= 0.6 is 0 Å². The summed E-state index contributed by atoms with van der Waals surface area (Å²) in [4.78, 5) is 0. The zero-order chi connectivity index (χ0) is 33.9. The quantitative estimate of drug-likeness (QED) is 0.180. The predicted molar refractivity (Wildman–Crippen MR) is 167 cm³/mol. The Morgan fingerprint density at radius 1 is 0.644 bits per heavy atom. The van der Waals surface area contributed by atoms with Crippen LogP contribution in [0.25, 0.3) is 0 Å². The van der Waals surface area contributed by atoms with E-state index in [-0.39, 0.29) is 36.0 Å². The summed E-state index contributed by atoms with van der Waals surface area (Å²) in [6.45, 7) is 15.4. The maximum absolute atomic E-state index is 12.1. The zero-order valence-corrected chi connectivity index (χ0v) is 29.7. The third kappa shape index (κ3) is 8.15. The second kappa shape index (κ2) is 13.0. The molecule has 4 aliphatic carbocycles. The fourth-order valence-electron chi connectivity index (χ4n) is 10.6. The van der Waals surface area contributed by atoms with E-state index in [1.165, 1.54) is 0 Å². The lowest BCUT2D eigenvalue weighted by molar-refractivity contribution is -0.183. The third-order valence-electron chi connectivity index (χ3n) is 12.2. The Morgan fingerprint density at radius 3 is 1.69 bits per heavy atom. The molecule has 0 radical (unpaired) electrons. The molecule has 0 aliphatic heterocycles. The highest BCUT2D eigenvalue weighted by molar-refractivity contribution is 7.81. The molecular weight excluding hydrogens is 649 g/mol. The van der Waals surface area contributed by atoms with Gasteiger partial charge in [0, 0.05) is 0 Å². The van der Waals surface area contributed by atoms with Crippen molar-refractivity contribution in [2.24, 2.45) is 64.1 Å². The molecule has 11 unspecified atom stereocenters. The number of rotatable bonds is 11. The minimum Gasteiger partial charge on any atom is -0.264 e. The average Bonchev–Trinajstić information content (AvgIpc) is 3.19. The molecule has 11 atom stereocenters. The van der Waals surface area contributed by atoms with Gasteiger partial charge in [-0.25, -0.2) is 12.5 Å². The van der Waals surface area contributed by atoms with Crippen molar-refractivity contribution in [1.82, 2.24) is 0 Å². The van der Waals surface area contributed by atoms with E-state index in [0.717, 1.165) is 25.7 Å². The summed E-state index contributed by atoms with van der Waals surface area (Å²) in [5.41, 5.74) is -0.878. The van der Waals surface area contributed by atoms with Gasteiger partial charge >= 0.3 is 31.2 Å². The van der Waals surface area contributed by atoms with Crippen LogP contribution in [0.15, 0.2) is 12.2 Å². The van der Waals surface area contributed by atoms with E-state index in [0.29, 0.717) is 36.0 Å². The maximum Gasteiger partial charge on any atom is 0.397 e. The SMILES string of the molecule is CC(C)C(C=CC(C)C1CCC2C3CC(OS(=O)(=O)O)C4CC(OS(=O)(=O)O)C(OS(=O)(=O)O)CC4(C)C3CCC12C)C(C)C. The zero-order valence-electron chi connectivity index (χ0n) is 27.3. The Morgan fingerprint density at radius 2 is 1.16 bits per heavy atom. The molecule has 45 heavy (non-hydrogen) atoms. The molecule has 0 aromatic heterocycles. The van der Waals surface area contributed by atoms with E-state index >= 15 is 0 Å². The lowest BCUT2D eigenvalue weighted by Crippen LogP contribution is -2.62. The first kappa shape index (κ1) is 37.2. The van der Waals surface area contributed by atoms with E-state index in [4.69, 9.17) is 12.5 Å². The van der Waals surface area contributed by atoms with E-state index in [9.17, 15) is 38.9 Å². The molecule has 0 aromatic rings. The van der Waals surface area contributed by atoms with E-state index in [2.05, 4.69) is 53.7 Å². The van der Waals surface area contributed by atoms with Gasteiger partial charge < -0.3 is 0 Å². The van der Waals surface area contributed by atoms with Crippen molar-refractivity contribution >= 4 is 31.2 Å². The largest absolute Gasteiger partial charge is 0.397 e. The monoisotopic (exact) mass is 700 g/mol. The van der Waals surface area contributed by atoms with Crippen molar-refractivity contribution in [2.45, 2.75) is 112 Å². The molecule has 12 nitrogen and oxygen atoms in total. The van der Waals surface area contributed by atoms with Crippen molar-refractivity contribution in [3.63, 3.8) is 0 Å². The van der Waals surface area contributed by atoms with Crippen molar-refractivity contribution < 1.29 is 51.5 Å². The Balaban J connectivity index is 1.69. The summed E-state index contributed by atoms with van der Waals surface area (Å²) in [5.74, 6) is 1.71. The van der Waals surface area contributed by atoms with Crippen LogP contribution in [0.2, 0.25) is 0 Å². The van der Waals surface area contributed by atoms with Crippen molar-refractivity contribution in [1.29, 1.82) is 0 Å². The second-order valence-electron chi connectivity index (χ2n) is 15.4. The van der Waals surface area contributed by atoms with Gasteiger partial charge in [-0.2, -0.15) is 25.3 Å². The van der Waals surface area contributed by atoms with Crippen LogP contribution in [0, 0.1) is 64.1 Å². The van der Waals surface area contributed by atoms with Gasteiger partial charge in [0.1, 0.15) is 12.2 Å². The fourth-order valence-corrected chi connectivity index (χ4v) is 12.1. The number of fused-ring (bicyclic) bond motifs is 5. The highest BCUT2D eigenvalue weighted by atomic mass is 32.3. The van der Waals surface area contributed by atoms with Crippen LogP contribution in [0.3, 0.4) is 0 Å². The first-order chi connectivity index (χ1) is 20.4. The third-order valence-corrected chi connectivity index (χ3v) is 13.7. The highest BCUT2D eigenvalue weighted by Gasteiger charge is 2.65. The number of allylic oxidation sites excluding steroid dienone is 2. The Hall–Kier alpha value is -0.650. The summed E-state index contributed by atoms with van der Waals surface area (Å²) in [5, 5.41) is 0. The minimum atomic E-state index is -5.07. The minimum absolute atomic E-state index is 0.0255. The summed E-state index contributed by atoms with van der Waals surface area (Å²) in [6.07, 6.45) is 4.19. The first-order valence-electron chi connectivity index (χ1n) is 16.1. The van der Waals surface area contributed by atoms with Gasteiger partial charge in [0.15, 0.2) is 0 Å². The molecule has 4 aliphatic rings. The van der Waals surface area contributed by atoms with Gasteiger partial charge in [-0.1, -0.05) is 60.6 Å². The Kier molecular flexibility index (Phi) is 10.7. The van der Waals surface area contributed by atoms with Crippen LogP contribution < -0.4 is 0 Å². The van der Waals surface area contributed by atoms with Gasteiger partial charge in [0.2, 0.25) is 0 Å². The van der Waals surface area contributed by atoms with Gasteiger partial charge in [-0.3, -0.25) is 13.7 Å². The molecule has 0 amide bonds. The maximum atomic E-state index is 12.1. The summed E-state index contributed by atoms with van der Waals surface area (Å²) in [6, 6.07) is 0. The van der Waals surface area contributed by atoms with Gasteiger partial charge in [0.05, 0.1) is 6.10 Å². The van der Waals surface area contributed by atoms with Crippen molar-refractivity contribution in [3.8, 4) is 0 Å². The topological polar surface area (TPSA) is 191 Å². The van der Waals surface area contributed by atoms with Crippen LogP contribution in [-0.4, -0.2) is 57.2 Å². The highest BCUT2D eigenvalue weighted by Crippen LogP contribution is 2.69.